The standard InChI is InChI=1S/C22H44O4/c1-3-4-5-6-7-8-9-10-11-12-13-14-15-16-17-25-20-18-22(24-2)26-21(20)19-23/h20-23H,3-19H2,1-2H3/t20-,21+,22?/m0/s1. The van der Waals surface area contributed by atoms with Crippen LogP contribution in [-0.2, 0) is 14.2 Å². The van der Waals surface area contributed by atoms with Crippen molar-refractivity contribution in [2.45, 2.75) is 122 Å². The molecule has 4 nitrogen and oxygen atoms in total. The van der Waals surface area contributed by atoms with Crippen molar-refractivity contribution in [3.05, 3.63) is 0 Å². The van der Waals surface area contributed by atoms with E-state index in [4.69, 9.17) is 14.2 Å². The lowest BCUT2D eigenvalue weighted by Crippen LogP contribution is -2.28. The highest BCUT2D eigenvalue weighted by atomic mass is 16.7. The summed E-state index contributed by atoms with van der Waals surface area (Å²) in [5, 5.41) is 9.31. The Kier molecular flexibility index (Phi) is 15.6. The molecule has 0 bridgehead atoms. The van der Waals surface area contributed by atoms with Crippen molar-refractivity contribution >= 4 is 0 Å². The van der Waals surface area contributed by atoms with Crippen LogP contribution in [0.25, 0.3) is 0 Å². The summed E-state index contributed by atoms with van der Waals surface area (Å²) < 4.78 is 16.6. The van der Waals surface area contributed by atoms with Crippen molar-refractivity contribution in [1.82, 2.24) is 0 Å². The summed E-state index contributed by atoms with van der Waals surface area (Å²) in [4.78, 5) is 0. The van der Waals surface area contributed by atoms with Crippen LogP contribution in [0.3, 0.4) is 0 Å². The maximum absolute atomic E-state index is 9.31. The molecule has 0 amide bonds. The quantitative estimate of drug-likeness (QED) is 0.318. The molecule has 0 spiro atoms. The van der Waals surface area contributed by atoms with E-state index in [1.165, 1.54) is 83.5 Å². The second-order valence-corrected chi connectivity index (χ2v) is 7.76. The van der Waals surface area contributed by atoms with E-state index in [0.29, 0.717) is 0 Å². The van der Waals surface area contributed by atoms with Gasteiger partial charge in [-0.25, -0.2) is 0 Å². The zero-order chi connectivity index (χ0) is 18.9. The maximum Gasteiger partial charge on any atom is 0.160 e. The molecule has 1 aliphatic rings. The van der Waals surface area contributed by atoms with Crippen LogP contribution in [-0.4, -0.2) is 43.9 Å². The summed E-state index contributed by atoms with van der Waals surface area (Å²) in [5.74, 6) is 0. The molecule has 1 fully saturated rings. The fourth-order valence-electron chi connectivity index (χ4n) is 3.70. The van der Waals surface area contributed by atoms with E-state index in [-0.39, 0.29) is 25.1 Å². The van der Waals surface area contributed by atoms with Crippen LogP contribution in [0.2, 0.25) is 0 Å². The molecule has 0 saturated carbocycles. The molecule has 1 aliphatic heterocycles. The van der Waals surface area contributed by atoms with Crippen LogP contribution in [0, 0.1) is 0 Å². The lowest BCUT2D eigenvalue weighted by atomic mass is 10.0. The number of ether oxygens (including phenoxy) is 3. The second-order valence-electron chi connectivity index (χ2n) is 7.76. The summed E-state index contributed by atoms with van der Waals surface area (Å²) in [5.41, 5.74) is 0. The molecule has 0 aliphatic carbocycles. The first kappa shape index (κ1) is 23.9. The highest BCUT2D eigenvalue weighted by molar-refractivity contribution is 4.79. The van der Waals surface area contributed by atoms with E-state index in [1.54, 1.807) is 7.11 Å². The van der Waals surface area contributed by atoms with Crippen molar-refractivity contribution < 1.29 is 19.3 Å². The first-order valence-electron chi connectivity index (χ1n) is 11.2. The number of aliphatic hydroxyl groups is 1. The maximum atomic E-state index is 9.31. The normalized spacial score (nSPS) is 23.0. The predicted molar refractivity (Wildman–Crippen MR) is 107 cm³/mol. The minimum atomic E-state index is -0.230. The third-order valence-electron chi connectivity index (χ3n) is 5.44. The van der Waals surface area contributed by atoms with Crippen molar-refractivity contribution in [2.24, 2.45) is 0 Å². The van der Waals surface area contributed by atoms with E-state index in [9.17, 15) is 5.11 Å². The number of aliphatic hydroxyl groups excluding tert-OH is 1. The zero-order valence-corrected chi connectivity index (χ0v) is 17.4. The molecule has 1 N–H and O–H groups in total. The summed E-state index contributed by atoms with van der Waals surface area (Å²) in [6.45, 7) is 3.05. The molecule has 0 aromatic rings. The summed E-state index contributed by atoms with van der Waals surface area (Å²) in [6.07, 6.45) is 19.4. The molecule has 1 saturated heterocycles. The fraction of sp³-hybridized carbons (Fsp3) is 1.00. The van der Waals surface area contributed by atoms with Gasteiger partial charge in [0.1, 0.15) is 6.10 Å². The molecular weight excluding hydrogens is 328 g/mol. The molecule has 1 unspecified atom stereocenters. The lowest BCUT2D eigenvalue weighted by Gasteiger charge is -2.16. The van der Waals surface area contributed by atoms with Gasteiger partial charge in [-0.05, 0) is 6.42 Å². The van der Waals surface area contributed by atoms with Gasteiger partial charge < -0.3 is 19.3 Å². The van der Waals surface area contributed by atoms with Gasteiger partial charge in [0.25, 0.3) is 0 Å². The van der Waals surface area contributed by atoms with Gasteiger partial charge in [0.2, 0.25) is 0 Å². The average Bonchev–Trinajstić information content (AvgIpc) is 3.07. The first-order chi connectivity index (χ1) is 12.8. The molecule has 1 heterocycles. The Morgan fingerprint density at radius 1 is 0.808 bits per heavy atom. The van der Waals surface area contributed by atoms with Crippen LogP contribution >= 0.6 is 0 Å². The predicted octanol–water partition coefficient (Wildman–Crippen LogP) is 5.61. The smallest absolute Gasteiger partial charge is 0.160 e. The summed E-state index contributed by atoms with van der Waals surface area (Å²) in [7, 11) is 1.63. The van der Waals surface area contributed by atoms with Crippen LogP contribution < -0.4 is 0 Å². The Bertz CT molecular complexity index is 298. The van der Waals surface area contributed by atoms with Crippen molar-refractivity contribution in [1.29, 1.82) is 0 Å². The topological polar surface area (TPSA) is 47.9 Å². The van der Waals surface area contributed by atoms with E-state index in [0.717, 1.165) is 19.4 Å². The Morgan fingerprint density at radius 2 is 1.31 bits per heavy atom. The van der Waals surface area contributed by atoms with Gasteiger partial charge in [0.15, 0.2) is 6.29 Å². The van der Waals surface area contributed by atoms with Gasteiger partial charge in [-0.1, -0.05) is 90.4 Å². The van der Waals surface area contributed by atoms with Gasteiger partial charge in [0.05, 0.1) is 12.7 Å². The number of methoxy groups -OCH3 is 1. The average molecular weight is 373 g/mol. The molecule has 3 atom stereocenters. The molecular formula is C22H44O4. The molecule has 4 heteroatoms. The van der Waals surface area contributed by atoms with Crippen molar-refractivity contribution in [2.75, 3.05) is 20.3 Å². The Labute approximate surface area is 162 Å². The zero-order valence-electron chi connectivity index (χ0n) is 17.4. The van der Waals surface area contributed by atoms with Gasteiger partial charge in [-0.15, -0.1) is 0 Å². The number of hydrogen-bond donors (Lipinski definition) is 1. The third kappa shape index (κ3) is 11.5. The van der Waals surface area contributed by atoms with Gasteiger partial charge >= 0.3 is 0 Å². The fourth-order valence-corrected chi connectivity index (χ4v) is 3.70. The second kappa shape index (κ2) is 17.0. The van der Waals surface area contributed by atoms with E-state index < -0.39 is 0 Å². The Morgan fingerprint density at radius 3 is 1.77 bits per heavy atom. The monoisotopic (exact) mass is 372 g/mol. The van der Waals surface area contributed by atoms with Crippen molar-refractivity contribution in [3.63, 3.8) is 0 Å². The van der Waals surface area contributed by atoms with Gasteiger partial charge in [0, 0.05) is 20.1 Å². The Balaban J connectivity index is 1.80. The molecule has 26 heavy (non-hydrogen) atoms. The summed E-state index contributed by atoms with van der Waals surface area (Å²) >= 11 is 0. The minimum absolute atomic E-state index is 0.00324. The molecule has 1 rings (SSSR count). The Hall–Kier alpha value is -0.160. The van der Waals surface area contributed by atoms with Crippen molar-refractivity contribution in [3.8, 4) is 0 Å². The third-order valence-corrected chi connectivity index (χ3v) is 5.44. The molecule has 156 valence electrons. The van der Waals surface area contributed by atoms with Gasteiger partial charge in [-0.2, -0.15) is 0 Å². The van der Waals surface area contributed by atoms with E-state index in [1.807, 2.05) is 0 Å². The lowest BCUT2D eigenvalue weighted by molar-refractivity contribution is -0.129. The van der Waals surface area contributed by atoms with Gasteiger partial charge in [-0.3, -0.25) is 0 Å². The van der Waals surface area contributed by atoms with Crippen LogP contribution in [0.1, 0.15) is 103 Å². The van der Waals surface area contributed by atoms with Crippen LogP contribution in [0.15, 0.2) is 0 Å². The van der Waals surface area contributed by atoms with Crippen LogP contribution in [0.5, 0.6) is 0 Å². The highest BCUT2D eigenvalue weighted by Crippen LogP contribution is 2.23. The first-order valence-corrected chi connectivity index (χ1v) is 11.2. The largest absolute Gasteiger partial charge is 0.394 e. The number of rotatable bonds is 18. The SMILES string of the molecule is CCCCCCCCCCCCCCCCO[C@H]1CC(OC)O[C@@H]1CO. The van der Waals surface area contributed by atoms with Crippen LogP contribution in [0.4, 0.5) is 0 Å². The number of hydrogen-bond acceptors (Lipinski definition) is 4. The highest BCUT2D eigenvalue weighted by Gasteiger charge is 2.35. The molecule has 0 aromatic heterocycles. The summed E-state index contributed by atoms with van der Waals surface area (Å²) in [6, 6.07) is 0. The molecule has 0 aromatic carbocycles. The minimum Gasteiger partial charge on any atom is -0.394 e. The van der Waals surface area contributed by atoms with E-state index in [2.05, 4.69) is 6.92 Å². The molecule has 0 radical (unpaired) electrons. The van der Waals surface area contributed by atoms with E-state index >= 15 is 0 Å². The number of unbranched alkanes of at least 4 members (excludes halogenated alkanes) is 13.